The number of methoxy groups -OCH3 is 1. The van der Waals surface area contributed by atoms with Gasteiger partial charge in [0.1, 0.15) is 0 Å². The van der Waals surface area contributed by atoms with Crippen molar-refractivity contribution in [1.29, 1.82) is 0 Å². The van der Waals surface area contributed by atoms with Crippen molar-refractivity contribution in [2.45, 2.75) is 85.6 Å². The van der Waals surface area contributed by atoms with Crippen LogP contribution in [0.4, 0.5) is 0 Å². The molecule has 4 aliphatic carbocycles. The van der Waals surface area contributed by atoms with Crippen LogP contribution in [0.25, 0.3) is 0 Å². The summed E-state index contributed by atoms with van der Waals surface area (Å²) < 4.78 is 4.98. The number of carbonyl (C=O) groups excluding carboxylic acids is 3. The molecule has 33 heavy (non-hydrogen) atoms. The first-order valence-corrected chi connectivity index (χ1v) is 12.8. The molecule has 1 amide bonds. The van der Waals surface area contributed by atoms with Gasteiger partial charge in [-0.25, -0.2) is 4.79 Å². The van der Waals surface area contributed by atoms with Gasteiger partial charge in [-0.15, -0.1) is 0 Å². The fraction of sp³-hybridized carbons (Fsp3) is 0.750. The largest absolute Gasteiger partial charge is 0.466 e. The van der Waals surface area contributed by atoms with E-state index in [4.69, 9.17) is 4.74 Å². The number of nitrogens with one attached hydrogen (secondary N) is 1. The van der Waals surface area contributed by atoms with Gasteiger partial charge in [-0.1, -0.05) is 33.8 Å². The Kier molecular flexibility index (Phi) is 6.39. The molecule has 4 aliphatic rings. The summed E-state index contributed by atoms with van der Waals surface area (Å²) >= 11 is 0. The van der Waals surface area contributed by atoms with E-state index in [-0.39, 0.29) is 40.3 Å². The monoisotopic (exact) mass is 455 g/mol. The minimum Gasteiger partial charge on any atom is -0.466 e. The van der Waals surface area contributed by atoms with Gasteiger partial charge in [0.05, 0.1) is 13.2 Å². The molecule has 0 heterocycles. The van der Waals surface area contributed by atoms with E-state index >= 15 is 0 Å². The predicted molar refractivity (Wildman–Crippen MR) is 128 cm³/mol. The maximum atomic E-state index is 13.4. The van der Waals surface area contributed by atoms with Gasteiger partial charge < -0.3 is 10.1 Å². The normalized spacial score (nSPS) is 38.3. The molecular weight excluding hydrogens is 414 g/mol. The van der Waals surface area contributed by atoms with Gasteiger partial charge in [-0.2, -0.15) is 0 Å². The summed E-state index contributed by atoms with van der Waals surface area (Å²) in [5.74, 6) is 1.70. The number of esters is 1. The van der Waals surface area contributed by atoms with E-state index in [1.807, 2.05) is 13.8 Å². The first-order valence-electron chi connectivity index (χ1n) is 12.8. The van der Waals surface area contributed by atoms with Crippen LogP contribution in [0.1, 0.15) is 79.6 Å². The Bertz CT molecular complexity index is 902. The molecule has 0 saturated heterocycles. The van der Waals surface area contributed by atoms with E-state index in [1.165, 1.54) is 12.7 Å². The lowest BCUT2D eigenvalue weighted by atomic mass is 9.48. The summed E-state index contributed by atoms with van der Waals surface area (Å²) in [5, 5.41) is 3.11. The van der Waals surface area contributed by atoms with Crippen molar-refractivity contribution < 1.29 is 19.1 Å². The van der Waals surface area contributed by atoms with Crippen molar-refractivity contribution in [2.24, 2.45) is 40.4 Å². The standard InChI is InChI=1S/C28H41NO4/c1-16(2)24(17(3)30)29-25(31)23-10-9-21-20-8-7-19-15-18(26(32)33-6)11-13-27(19,4)22(20)12-14-28(21,23)5/h7,15-16,20-24H,8-14H2,1-6H3,(H,29,31)/t20-,21-,22-,23+,24?,27-,28-/m0/s1. The zero-order chi connectivity index (χ0) is 24.1. The third-order valence-electron chi connectivity index (χ3n) is 9.93. The quantitative estimate of drug-likeness (QED) is 0.592. The third kappa shape index (κ3) is 3.89. The summed E-state index contributed by atoms with van der Waals surface area (Å²) in [5.41, 5.74) is 2.20. The van der Waals surface area contributed by atoms with E-state index in [0.29, 0.717) is 17.8 Å². The number of hydrogen-bond donors (Lipinski definition) is 1. The SMILES string of the molecule is COC(=O)C1=CC2=CC[C@H]3[C@@H]4CC[C@H](C(=O)NC(C(C)=O)C(C)C)[C@@]4(C)CC[C@@H]3[C@@]2(C)CC1. The Hall–Kier alpha value is -1.91. The van der Waals surface area contributed by atoms with E-state index in [0.717, 1.165) is 50.5 Å². The molecular formula is C28H41NO4. The Balaban J connectivity index is 1.56. The van der Waals surface area contributed by atoms with Crippen LogP contribution < -0.4 is 5.32 Å². The smallest absolute Gasteiger partial charge is 0.333 e. The summed E-state index contributed by atoms with van der Waals surface area (Å²) in [6.07, 6.45) is 11.4. The third-order valence-corrected chi connectivity index (χ3v) is 9.93. The average molecular weight is 456 g/mol. The van der Waals surface area contributed by atoms with Gasteiger partial charge in [0.2, 0.25) is 5.91 Å². The molecule has 5 nitrogen and oxygen atoms in total. The van der Waals surface area contributed by atoms with Gasteiger partial charge in [0.25, 0.3) is 0 Å². The van der Waals surface area contributed by atoms with Crippen molar-refractivity contribution in [2.75, 3.05) is 7.11 Å². The zero-order valence-corrected chi connectivity index (χ0v) is 21.2. The van der Waals surface area contributed by atoms with Gasteiger partial charge in [-0.3, -0.25) is 9.59 Å². The fourth-order valence-corrected chi connectivity index (χ4v) is 8.04. The molecule has 0 aromatic heterocycles. The molecule has 2 fully saturated rings. The lowest BCUT2D eigenvalue weighted by Crippen LogP contribution is -2.53. The van der Waals surface area contributed by atoms with Crippen LogP contribution in [0.3, 0.4) is 0 Å². The fourth-order valence-electron chi connectivity index (χ4n) is 8.04. The average Bonchev–Trinajstić information content (AvgIpc) is 3.13. The van der Waals surface area contributed by atoms with Gasteiger partial charge in [0.15, 0.2) is 5.78 Å². The Morgan fingerprint density at radius 2 is 1.82 bits per heavy atom. The number of ketones is 1. The molecule has 1 N–H and O–H groups in total. The topological polar surface area (TPSA) is 72.5 Å². The molecule has 0 aliphatic heterocycles. The van der Waals surface area contributed by atoms with Crippen molar-refractivity contribution >= 4 is 17.7 Å². The molecule has 0 radical (unpaired) electrons. The van der Waals surface area contributed by atoms with Crippen molar-refractivity contribution in [1.82, 2.24) is 5.32 Å². The molecule has 5 heteroatoms. The number of carbonyl (C=O) groups is 3. The second kappa shape index (κ2) is 8.70. The summed E-state index contributed by atoms with van der Waals surface area (Å²) in [4.78, 5) is 37.6. The highest BCUT2D eigenvalue weighted by Gasteiger charge is 2.59. The molecule has 0 aromatic carbocycles. The number of amides is 1. The van der Waals surface area contributed by atoms with Gasteiger partial charge >= 0.3 is 5.97 Å². The second-order valence-corrected chi connectivity index (χ2v) is 11.9. The van der Waals surface area contributed by atoms with Crippen LogP contribution in [-0.4, -0.2) is 30.8 Å². The molecule has 0 bridgehead atoms. The van der Waals surface area contributed by atoms with Crippen LogP contribution in [0.5, 0.6) is 0 Å². The van der Waals surface area contributed by atoms with Crippen LogP contribution in [-0.2, 0) is 19.1 Å². The molecule has 0 aromatic rings. The predicted octanol–water partition coefficient (Wildman–Crippen LogP) is 5.00. The van der Waals surface area contributed by atoms with E-state index in [9.17, 15) is 14.4 Å². The first-order chi connectivity index (χ1) is 15.5. The second-order valence-electron chi connectivity index (χ2n) is 11.9. The van der Waals surface area contributed by atoms with Crippen LogP contribution in [0.15, 0.2) is 23.3 Å². The summed E-state index contributed by atoms with van der Waals surface area (Å²) in [6.45, 7) is 10.3. The summed E-state index contributed by atoms with van der Waals surface area (Å²) in [7, 11) is 1.46. The van der Waals surface area contributed by atoms with Crippen LogP contribution in [0, 0.1) is 40.4 Å². The van der Waals surface area contributed by atoms with Gasteiger partial charge in [0, 0.05) is 11.5 Å². The lowest BCUT2D eigenvalue weighted by Gasteiger charge is -2.57. The number of hydrogen-bond acceptors (Lipinski definition) is 4. The van der Waals surface area contributed by atoms with Crippen molar-refractivity contribution in [3.63, 3.8) is 0 Å². The number of Topliss-reactive ketones (excluding diaryl/α,β-unsaturated/α-hetero) is 1. The molecule has 1 unspecified atom stereocenters. The molecule has 2 saturated carbocycles. The van der Waals surface area contributed by atoms with Crippen molar-refractivity contribution in [3.05, 3.63) is 23.3 Å². The minimum absolute atomic E-state index is 0.00699. The highest BCUT2D eigenvalue weighted by molar-refractivity contribution is 5.90. The van der Waals surface area contributed by atoms with Crippen LogP contribution in [0.2, 0.25) is 0 Å². The Morgan fingerprint density at radius 1 is 1.09 bits per heavy atom. The summed E-state index contributed by atoms with van der Waals surface area (Å²) in [6, 6.07) is -0.395. The molecule has 7 atom stereocenters. The lowest BCUT2D eigenvalue weighted by molar-refractivity contribution is -0.136. The van der Waals surface area contributed by atoms with E-state index in [2.05, 4.69) is 31.3 Å². The molecule has 4 rings (SSSR count). The molecule has 182 valence electrons. The van der Waals surface area contributed by atoms with E-state index in [1.54, 1.807) is 6.92 Å². The first kappa shape index (κ1) is 24.2. The van der Waals surface area contributed by atoms with Crippen molar-refractivity contribution in [3.8, 4) is 0 Å². The Labute approximate surface area is 198 Å². The number of fused-ring (bicyclic) bond motifs is 5. The maximum absolute atomic E-state index is 13.4. The highest BCUT2D eigenvalue weighted by atomic mass is 16.5. The number of allylic oxidation sites excluding steroid dienone is 3. The van der Waals surface area contributed by atoms with Gasteiger partial charge in [-0.05, 0) is 98.0 Å². The van der Waals surface area contributed by atoms with Crippen LogP contribution >= 0.6 is 0 Å². The Morgan fingerprint density at radius 3 is 2.45 bits per heavy atom. The maximum Gasteiger partial charge on any atom is 0.333 e. The minimum atomic E-state index is -0.395. The molecule has 0 spiro atoms. The number of rotatable bonds is 5. The van der Waals surface area contributed by atoms with E-state index < -0.39 is 6.04 Å². The number of ether oxygens (including phenoxy) is 1. The zero-order valence-electron chi connectivity index (χ0n) is 21.2. The highest BCUT2D eigenvalue weighted by Crippen LogP contribution is 2.66.